The summed E-state index contributed by atoms with van der Waals surface area (Å²) in [4.78, 5) is 4.26. The number of halogens is 2. The fourth-order valence-electron chi connectivity index (χ4n) is 2.85. The van der Waals surface area contributed by atoms with E-state index < -0.39 is 0 Å². The Morgan fingerprint density at radius 1 is 1.24 bits per heavy atom. The van der Waals surface area contributed by atoms with E-state index >= 15 is 0 Å². The first kappa shape index (κ1) is 22.7. The van der Waals surface area contributed by atoms with Crippen LogP contribution in [0.5, 0.6) is 5.75 Å². The van der Waals surface area contributed by atoms with Crippen LogP contribution >= 0.6 is 24.0 Å². The molecule has 3 rings (SSSR count). The molecular weight excluding hydrogens is 484 g/mol. The molecule has 2 N–H and O–H groups in total. The van der Waals surface area contributed by atoms with Crippen LogP contribution in [0.1, 0.15) is 24.1 Å². The SMILES string of the molecule is CN=C(NCc1cccc(-n2cccn2)c1)NC(C)c1ccc(OC)c(F)c1.I. The number of methoxy groups -OCH3 is 1. The molecule has 0 amide bonds. The third-order valence-corrected chi connectivity index (χ3v) is 4.39. The topological polar surface area (TPSA) is 63.5 Å². The number of hydrogen-bond donors (Lipinski definition) is 2. The van der Waals surface area contributed by atoms with Crippen LogP contribution in [0.2, 0.25) is 0 Å². The van der Waals surface area contributed by atoms with Gasteiger partial charge in [0.15, 0.2) is 17.5 Å². The number of guanidine groups is 1. The second kappa shape index (κ2) is 10.8. The largest absolute Gasteiger partial charge is 0.494 e. The molecule has 0 aliphatic heterocycles. The molecule has 0 aliphatic carbocycles. The molecule has 0 bridgehead atoms. The quantitative estimate of drug-likeness (QED) is 0.299. The first-order valence-corrected chi connectivity index (χ1v) is 9.00. The molecule has 0 saturated heterocycles. The zero-order valence-corrected chi connectivity index (χ0v) is 18.9. The first-order valence-electron chi connectivity index (χ1n) is 9.00. The molecule has 0 saturated carbocycles. The molecular formula is C21H25FIN5O. The summed E-state index contributed by atoms with van der Waals surface area (Å²) in [7, 11) is 3.16. The van der Waals surface area contributed by atoms with Gasteiger partial charge in [0.2, 0.25) is 0 Å². The highest BCUT2D eigenvalue weighted by Crippen LogP contribution is 2.21. The Labute approximate surface area is 187 Å². The zero-order valence-electron chi connectivity index (χ0n) is 16.6. The Morgan fingerprint density at radius 2 is 2.07 bits per heavy atom. The van der Waals surface area contributed by atoms with Crippen molar-refractivity contribution in [3.05, 3.63) is 77.9 Å². The van der Waals surface area contributed by atoms with Crippen molar-refractivity contribution in [2.24, 2.45) is 4.99 Å². The predicted octanol–water partition coefficient (Wildman–Crippen LogP) is 4.06. The lowest BCUT2D eigenvalue weighted by molar-refractivity contribution is 0.386. The summed E-state index contributed by atoms with van der Waals surface area (Å²) in [5.74, 6) is 0.482. The van der Waals surface area contributed by atoms with Crippen molar-refractivity contribution in [3.63, 3.8) is 0 Å². The van der Waals surface area contributed by atoms with Gasteiger partial charge >= 0.3 is 0 Å². The van der Waals surface area contributed by atoms with Gasteiger partial charge in [-0.2, -0.15) is 5.10 Å². The van der Waals surface area contributed by atoms with Crippen LogP contribution in [0.15, 0.2) is 65.9 Å². The average molecular weight is 509 g/mol. The Morgan fingerprint density at radius 3 is 2.72 bits per heavy atom. The normalized spacial score (nSPS) is 12.1. The lowest BCUT2D eigenvalue weighted by Gasteiger charge is -2.19. The van der Waals surface area contributed by atoms with Gasteiger partial charge in [-0.15, -0.1) is 24.0 Å². The summed E-state index contributed by atoms with van der Waals surface area (Å²) < 4.78 is 20.7. The van der Waals surface area contributed by atoms with Gasteiger partial charge < -0.3 is 15.4 Å². The molecule has 29 heavy (non-hydrogen) atoms. The van der Waals surface area contributed by atoms with Gasteiger partial charge in [0, 0.05) is 26.0 Å². The molecule has 1 aromatic heterocycles. The summed E-state index contributed by atoms with van der Waals surface area (Å²) in [6, 6.07) is 14.8. The molecule has 8 heteroatoms. The van der Waals surface area contributed by atoms with Gasteiger partial charge in [0.25, 0.3) is 0 Å². The van der Waals surface area contributed by atoms with Crippen molar-refractivity contribution >= 4 is 29.9 Å². The smallest absolute Gasteiger partial charge is 0.191 e. The van der Waals surface area contributed by atoms with Crippen molar-refractivity contribution in [1.82, 2.24) is 20.4 Å². The first-order chi connectivity index (χ1) is 13.6. The van der Waals surface area contributed by atoms with Gasteiger partial charge in [-0.3, -0.25) is 4.99 Å². The molecule has 1 unspecified atom stereocenters. The van der Waals surface area contributed by atoms with E-state index in [1.807, 2.05) is 48.1 Å². The fraction of sp³-hybridized carbons (Fsp3) is 0.238. The van der Waals surface area contributed by atoms with Gasteiger partial charge in [-0.1, -0.05) is 18.2 Å². The number of nitrogens with zero attached hydrogens (tertiary/aromatic N) is 3. The van der Waals surface area contributed by atoms with Gasteiger partial charge in [-0.05, 0) is 48.4 Å². The number of benzene rings is 2. The Bertz CT molecular complexity index is 946. The summed E-state index contributed by atoms with van der Waals surface area (Å²) in [5, 5.41) is 10.8. The lowest BCUT2D eigenvalue weighted by Crippen LogP contribution is -2.38. The summed E-state index contributed by atoms with van der Waals surface area (Å²) in [6.07, 6.45) is 3.66. The summed E-state index contributed by atoms with van der Waals surface area (Å²) >= 11 is 0. The van der Waals surface area contributed by atoms with Crippen molar-refractivity contribution in [3.8, 4) is 11.4 Å². The summed E-state index contributed by atoms with van der Waals surface area (Å²) in [6.45, 7) is 2.55. The second-order valence-electron chi connectivity index (χ2n) is 6.31. The van der Waals surface area contributed by atoms with E-state index in [-0.39, 0.29) is 41.6 Å². The number of aliphatic imine (C=N–C) groups is 1. The highest BCUT2D eigenvalue weighted by molar-refractivity contribution is 14.0. The molecule has 0 fully saturated rings. The standard InChI is InChI=1S/C21H24FN5O.HI/c1-15(17-8-9-20(28-3)19(22)13-17)26-21(23-2)24-14-16-6-4-7-18(12-16)27-11-5-10-25-27;/h4-13,15H,14H2,1-3H3,(H2,23,24,26);1H. The van der Waals surface area contributed by atoms with Crippen LogP contribution in [-0.4, -0.2) is 29.9 Å². The lowest BCUT2D eigenvalue weighted by atomic mass is 10.1. The van der Waals surface area contributed by atoms with Crippen LogP contribution in [0.4, 0.5) is 4.39 Å². The van der Waals surface area contributed by atoms with Gasteiger partial charge in [-0.25, -0.2) is 9.07 Å². The third-order valence-electron chi connectivity index (χ3n) is 4.39. The Balaban J connectivity index is 0.00000300. The Kier molecular flexibility index (Phi) is 8.44. The maximum atomic E-state index is 13.9. The minimum absolute atomic E-state index is 0. The van der Waals surface area contributed by atoms with E-state index in [0.29, 0.717) is 12.5 Å². The molecule has 3 aromatic rings. The molecule has 1 atom stereocenters. The average Bonchev–Trinajstić information content (AvgIpc) is 3.26. The van der Waals surface area contributed by atoms with Crippen molar-refractivity contribution in [2.75, 3.05) is 14.2 Å². The number of aromatic nitrogens is 2. The molecule has 0 spiro atoms. The molecule has 1 heterocycles. The van der Waals surface area contributed by atoms with Gasteiger partial charge in [0.1, 0.15) is 0 Å². The molecule has 0 aliphatic rings. The highest BCUT2D eigenvalue weighted by atomic mass is 127. The van der Waals surface area contributed by atoms with Crippen molar-refractivity contribution < 1.29 is 9.13 Å². The number of hydrogen-bond acceptors (Lipinski definition) is 3. The Hall–Kier alpha value is -2.62. The second-order valence-corrected chi connectivity index (χ2v) is 6.31. The number of ether oxygens (including phenoxy) is 1. The molecule has 2 aromatic carbocycles. The van der Waals surface area contributed by atoms with Crippen LogP contribution in [0.3, 0.4) is 0 Å². The summed E-state index contributed by atoms with van der Waals surface area (Å²) in [5.41, 5.74) is 2.90. The maximum absolute atomic E-state index is 13.9. The monoisotopic (exact) mass is 509 g/mol. The van der Waals surface area contributed by atoms with E-state index in [1.165, 1.54) is 13.2 Å². The van der Waals surface area contributed by atoms with E-state index in [4.69, 9.17) is 4.74 Å². The number of nitrogens with one attached hydrogen (secondary N) is 2. The van der Waals surface area contributed by atoms with Crippen molar-refractivity contribution in [2.45, 2.75) is 19.5 Å². The predicted molar refractivity (Wildman–Crippen MR) is 124 cm³/mol. The van der Waals surface area contributed by atoms with Crippen LogP contribution in [0, 0.1) is 5.82 Å². The minimum atomic E-state index is -0.382. The van der Waals surface area contributed by atoms with Crippen molar-refractivity contribution in [1.29, 1.82) is 0 Å². The highest BCUT2D eigenvalue weighted by Gasteiger charge is 2.11. The molecule has 154 valence electrons. The van der Waals surface area contributed by atoms with Crippen LogP contribution < -0.4 is 15.4 Å². The molecule has 6 nitrogen and oxygen atoms in total. The number of rotatable bonds is 6. The molecule has 0 radical (unpaired) electrons. The van der Waals surface area contributed by atoms with Crippen LogP contribution in [-0.2, 0) is 6.54 Å². The zero-order chi connectivity index (χ0) is 19.9. The fourth-order valence-corrected chi connectivity index (χ4v) is 2.85. The minimum Gasteiger partial charge on any atom is -0.494 e. The maximum Gasteiger partial charge on any atom is 0.191 e. The van der Waals surface area contributed by atoms with Gasteiger partial charge in [0.05, 0.1) is 18.8 Å². The van der Waals surface area contributed by atoms with E-state index in [9.17, 15) is 4.39 Å². The third kappa shape index (κ3) is 5.93. The van der Waals surface area contributed by atoms with E-state index in [0.717, 1.165) is 16.8 Å². The van der Waals surface area contributed by atoms with E-state index in [1.54, 1.807) is 19.3 Å². The van der Waals surface area contributed by atoms with Crippen LogP contribution in [0.25, 0.3) is 5.69 Å². The van der Waals surface area contributed by atoms with E-state index in [2.05, 4.69) is 26.8 Å².